The van der Waals surface area contributed by atoms with E-state index in [1.807, 2.05) is 59.5 Å². The lowest BCUT2D eigenvalue weighted by Gasteiger charge is -2.29. The fourth-order valence-electron chi connectivity index (χ4n) is 5.02. The Labute approximate surface area is 209 Å². The van der Waals surface area contributed by atoms with Crippen LogP contribution in [0.2, 0.25) is 5.02 Å². The number of aromatic nitrogens is 2. The topological polar surface area (TPSA) is 53.3 Å². The molecule has 7 heteroatoms. The Morgan fingerprint density at radius 1 is 0.971 bits per heavy atom. The summed E-state index contributed by atoms with van der Waals surface area (Å²) in [5.41, 5.74) is 7.09. The maximum Gasteiger partial charge on any atom is 0.174 e. The Balaban J connectivity index is 1.75. The number of nitrogens with zero attached hydrogens (tertiary/aromatic N) is 3. The Morgan fingerprint density at radius 2 is 1.74 bits per heavy atom. The van der Waals surface area contributed by atoms with Gasteiger partial charge in [0.2, 0.25) is 0 Å². The fourth-order valence-corrected chi connectivity index (χ4v) is 5.54. The normalized spacial score (nSPS) is 17.8. The Kier molecular flexibility index (Phi) is 5.80. The van der Waals surface area contributed by atoms with Gasteiger partial charge in [-0.1, -0.05) is 35.9 Å². The molecule has 0 aliphatic carbocycles. The number of hydrogen-bond acceptors (Lipinski definition) is 3. The predicted molar refractivity (Wildman–Crippen MR) is 141 cm³/mol. The SMILES string of the molecule is Cc1c([C@H]2[C@@H](c3ccccn3)NC(=S)N2c2ccccc2O)c(C)n(-c2cccc(Cl)c2)c1C. The van der Waals surface area contributed by atoms with Crippen molar-refractivity contribution in [3.05, 3.63) is 106 Å². The maximum atomic E-state index is 10.8. The van der Waals surface area contributed by atoms with Crippen molar-refractivity contribution >= 4 is 34.6 Å². The Hall–Kier alpha value is -3.35. The highest BCUT2D eigenvalue weighted by Crippen LogP contribution is 2.47. The molecular formula is C27H25ClN4OS. The lowest BCUT2D eigenvalue weighted by atomic mass is 9.93. The van der Waals surface area contributed by atoms with Gasteiger partial charge in [-0.3, -0.25) is 4.98 Å². The number of benzene rings is 2. The van der Waals surface area contributed by atoms with E-state index in [-0.39, 0.29) is 17.8 Å². The van der Waals surface area contributed by atoms with Gasteiger partial charge in [0.25, 0.3) is 0 Å². The van der Waals surface area contributed by atoms with Crippen LogP contribution in [0.15, 0.2) is 72.9 Å². The van der Waals surface area contributed by atoms with E-state index in [0.29, 0.717) is 15.8 Å². The van der Waals surface area contributed by atoms with E-state index in [0.717, 1.165) is 33.9 Å². The molecule has 0 amide bonds. The molecule has 0 saturated carbocycles. The van der Waals surface area contributed by atoms with Crippen LogP contribution in [0.3, 0.4) is 0 Å². The number of hydrogen-bond donors (Lipinski definition) is 2. The summed E-state index contributed by atoms with van der Waals surface area (Å²) in [6.07, 6.45) is 1.79. The molecule has 2 N–H and O–H groups in total. The minimum absolute atomic E-state index is 0.180. The molecule has 3 heterocycles. The van der Waals surface area contributed by atoms with Crippen LogP contribution in [0.5, 0.6) is 5.75 Å². The van der Waals surface area contributed by atoms with Gasteiger partial charge in [-0.05, 0) is 81.0 Å². The number of phenolic OH excluding ortho intramolecular Hbond substituents is 1. The van der Waals surface area contributed by atoms with Crippen molar-refractivity contribution in [3.63, 3.8) is 0 Å². The number of phenols is 1. The molecule has 0 radical (unpaired) electrons. The van der Waals surface area contributed by atoms with Gasteiger partial charge in [-0.15, -0.1) is 0 Å². The summed E-state index contributed by atoms with van der Waals surface area (Å²) in [7, 11) is 0. The lowest BCUT2D eigenvalue weighted by molar-refractivity contribution is 0.472. The van der Waals surface area contributed by atoms with Crippen LogP contribution >= 0.6 is 23.8 Å². The summed E-state index contributed by atoms with van der Waals surface area (Å²) in [6.45, 7) is 6.38. The van der Waals surface area contributed by atoms with E-state index in [1.165, 1.54) is 0 Å². The first-order valence-corrected chi connectivity index (χ1v) is 11.9. The molecule has 5 nitrogen and oxygen atoms in total. The molecule has 34 heavy (non-hydrogen) atoms. The van der Waals surface area contributed by atoms with Crippen molar-refractivity contribution in [1.29, 1.82) is 0 Å². The molecule has 2 atom stereocenters. The Morgan fingerprint density at radius 3 is 2.44 bits per heavy atom. The number of nitrogens with one attached hydrogen (secondary N) is 1. The summed E-state index contributed by atoms with van der Waals surface area (Å²) in [5, 5.41) is 15.5. The molecule has 0 spiro atoms. The highest BCUT2D eigenvalue weighted by Gasteiger charge is 2.44. The summed E-state index contributed by atoms with van der Waals surface area (Å²) in [5.74, 6) is 0.180. The van der Waals surface area contributed by atoms with Crippen molar-refractivity contribution in [3.8, 4) is 11.4 Å². The van der Waals surface area contributed by atoms with E-state index in [2.05, 4.69) is 41.7 Å². The molecular weight excluding hydrogens is 464 g/mol. The third-order valence-corrected chi connectivity index (χ3v) is 7.16. The second kappa shape index (κ2) is 8.78. The van der Waals surface area contributed by atoms with Crippen LogP contribution in [-0.4, -0.2) is 19.8 Å². The van der Waals surface area contributed by atoms with E-state index in [1.54, 1.807) is 12.3 Å². The molecule has 2 aromatic carbocycles. The average molecular weight is 489 g/mol. The third-order valence-electron chi connectivity index (χ3n) is 6.61. The number of aromatic hydroxyl groups is 1. The molecule has 0 bridgehead atoms. The van der Waals surface area contributed by atoms with Gasteiger partial charge in [-0.25, -0.2) is 0 Å². The molecule has 1 aliphatic heterocycles. The zero-order valence-corrected chi connectivity index (χ0v) is 20.7. The molecule has 0 unspecified atom stereocenters. The van der Waals surface area contributed by atoms with Crippen LogP contribution in [0.4, 0.5) is 5.69 Å². The van der Waals surface area contributed by atoms with Crippen LogP contribution in [0, 0.1) is 20.8 Å². The molecule has 1 fully saturated rings. The average Bonchev–Trinajstić information content (AvgIpc) is 3.27. The number of para-hydroxylation sites is 2. The van der Waals surface area contributed by atoms with Gasteiger partial charge in [0.1, 0.15) is 5.75 Å². The summed E-state index contributed by atoms with van der Waals surface area (Å²) in [6, 6.07) is 20.7. The second-order valence-electron chi connectivity index (χ2n) is 8.51. The monoisotopic (exact) mass is 488 g/mol. The quantitative estimate of drug-likeness (QED) is 0.328. The third kappa shape index (κ3) is 3.63. The first-order chi connectivity index (χ1) is 16.4. The number of halogens is 1. The minimum Gasteiger partial charge on any atom is -0.506 e. The smallest absolute Gasteiger partial charge is 0.174 e. The van der Waals surface area contributed by atoms with Crippen LogP contribution in [-0.2, 0) is 0 Å². The molecule has 1 saturated heterocycles. The number of pyridine rings is 1. The van der Waals surface area contributed by atoms with Crippen molar-refractivity contribution < 1.29 is 5.11 Å². The zero-order valence-electron chi connectivity index (χ0n) is 19.2. The van der Waals surface area contributed by atoms with Gasteiger partial charge >= 0.3 is 0 Å². The van der Waals surface area contributed by atoms with Crippen molar-refractivity contribution in [2.45, 2.75) is 32.9 Å². The number of rotatable bonds is 4. The molecule has 2 aromatic heterocycles. The van der Waals surface area contributed by atoms with E-state index >= 15 is 0 Å². The molecule has 5 rings (SSSR count). The molecule has 1 aliphatic rings. The van der Waals surface area contributed by atoms with E-state index in [9.17, 15) is 5.11 Å². The van der Waals surface area contributed by atoms with E-state index < -0.39 is 0 Å². The van der Waals surface area contributed by atoms with Crippen LogP contribution in [0.1, 0.15) is 40.3 Å². The summed E-state index contributed by atoms with van der Waals surface area (Å²) in [4.78, 5) is 6.66. The van der Waals surface area contributed by atoms with Gasteiger partial charge in [0.05, 0.1) is 23.5 Å². The maximum absolute atomic E-state index is 10.8. The van der Waals surface area contributed by atoms with Crippen molar-refractivity contribution in [2.75, 3.05) is 4.90 Å². The summed E-state index contributed by atoms with van der Waals surface area (Å²) >= 11 is 12.2. The molecule has 4 aromatic rings. The standard InChI is InChI=1S/C27H25ClN4OS/c1-16-17(2)31(20-10-8-9-19(28)15-20)18(3)24(16)26-25(21-11-6-7-14-29-21)30-27(34)32(26)22-12-4-5-13-23(22)33/h4-15,25-26,33H,1-3H3,(H,30,34)/t25-,26+/m1/s1. The van der Waals surface area contributed by atoms with Gasteiger partial charge in [-0.2, -0.15) is 0 Å². The predicted octanol–water partition coefficient (Wildman–Crippen LogP) is 6.33. The fraction of sp³-hybridized carbons (Fsp3) is 0.185. The van der Waals surface area contributed by atoms with Gasteiger partial charge in [0, 0.05) is 33.9 Å². The highest BCUT2D eigenvalue weighted by atomic mass is 35.5. The summed E-state index contributed by atoms with van der Waals surface area (Å²) < 4.78 is 2.23. The highest BCUT2D eigenvalue weighted by molar-refractivity contribution is 7.80. The van der Waals surface area contributed by atoms with Crippen LogP contribution in [0.25, 0.3) is 5.69 Å². The van der Waals surface area contributed by atoms with Crippen LogP contribution < -0.4 is 10.2 Å². The minimum atomic E-state index is -0.213. The largest absolute Gasteiger partial charge is 0.506 e. The van der Waals surface area contributed by atoms with Gasteiger partial charge < -0.3 is 19.9 Å². The van der Waals surface area contributed by atoms with Gasteiger partial charge in [0.15, 0.2) is 5.11 Å². The lowest BCUT2D eigenvalue weighted by Crippen LogP contribution is -2.29. The second-order valence-corrected chi connectivity index (χ2v) is 9.33. The number of thiocarbonyl (C=S) groups is 1. The zero-order chi connectivity index (χ0) is 24.0. The Bertz CT molecular complexity index is 1380. The first-order valence-electron chi connectivity index (χ1n) is 11.1. The van der Waals surface area contributed by atoms with E-state index in [4.69, 9.17) is 23.8 Å². The first kappa shape index (κ1) is 22.4. The molecule has 172 valence electrons. The van der Waals surface area contributed by atoms with Crippen molar-refractivity contribution in [1.82, 2.24) is 14.9 Å². The van der Waals surface area contributed by atoms with Crippen molar-refractivity contribution in [2.24, 2.45) is 0 Å². The number of anilines is 1.